The van der Waals surface area contributed by atoms with Crippen LogP contribution in [0, 0.1) is 0 Å². The Labute approximate surface area is 82.5 Å². The predicted molar refractivity (Wildman–Crippen MR) is 48.0 cm³/mol. The Morgan fingerprint density at radius 3 is 2.80 bits per heavy atom. The monoisotopic (exact) mass is 216 g/mol. The second kappa shape index (κ2) is 3.11. The number of aromatic nitrogens is 3. The first-order chi connectivity index (χ1) is 6.97. The lowest BCUT2D eigenvalue weighted by Gasteiger charge is -2.09. The topological polar surface area (TPSA) is 56.7 Å². The molecule has 0 aliphatic rings. The highest BCUT2D eigenvalue weighted by atomic mass is 19.4. The molecule has 0 fully saturated rings. The number of anilines is 1. The normalized spacial score (nSPS) is 12.2. The minimum atomic E-state index is -4.31. The van der Waals surface area contributed by atoms with E-state index < -0.39 is 12.7 Å². The summed E-state index contributed by atoms with van der Waals surface area (Å²) in [5.41, 5.74) is 6.08. The van der Waals surface area contributed by atoms with Gasteiger partial charge in [0, 0.05) is 6.20 Å². The Balaban J connectivity index is 2.54. The van der Waals surface area contributed by atoms with Crippen molar-refractivity contribution in [3.8, 4) is 0 Å². The summed E-state index contributed by atoms with van der Waals surface area (Å²) < 4.78 is 37.5. The molecule has 0 aromatic carbocycles. The molecule has 2 rings (SSSR count). The number of hydrogen-bond acceptors (Lipinski definition) is 3. The lowest BCUT2D eigenvalue weighted by molar-refractivity contribution is -0.139. The van der Waals surface area contributed by atoms with E-state index in [0.717, 1.165) is 4.57 Å². The van der Waals surface area contributed by atoms with Gasteiger partial charge in [-0.3, -0.25) is 4.98 Å². The molecule has 2 N–H and O–H groups in total. The van der Waals surface area contributed by atoms with Gasteiger partial charge < -0.3 is 10.3 Å². The molecule has 2 aromatic heterocycles. The molecule has 0 atom stereocenters. The highest BCUT2D eigenvalue weighted by molar-refractivity contribution is 5.77. The van der Waals surface area contributed by atoms with E-state index in [1.165, 1.54) is 18.5 Å². The second-order valence-electron chi connectivity index (χ2n) is 3.04. The minimum Gasteiger partial charge on any atom is -0.369 e. The lowest BCUT2D eigenvalue weighted by atomic mass is 10.4. The van der Waals surface area contributed by atoms with Crippen molar-refractivity contribution in [2.24, 2.45) is 0 Å². The molecule has 0 radical (unpaired) electrons. The molecule has 0 amide bonds. The number of halogens is 3. The molecule has 0 aliphatic carbocycles. The summed E-state index contributed by atoms with van der Waals surface area (Å²) in [6.45, 7) is -1.14. The highest BCUT2D eigenvalue weighted by Crippen LogP contribution is 2.23. The maximum atomic E-state index is 12.2. The van der Waals surface area contributed by atoms with E-state index in [-0.39, 0.29) is 5.95 Å². The van der Waals surface area contributed by atoms with Gasteiger partial charge in [0.2, 0.25) is 5.95 Å². The molecule has 0 unspecified atom stereocenters. The Bertz CT molecular complexity index is 488. The van der Waals surface area contributed by atoms with Gasteiger partial charge in [0.25, 0.3) is 0 Å². The zero-order valence-electron chi connectivity index (χ0n) is 7.49. The zero-order valence-corrected chi connectivity index (χ0v) is 7.49. The van der Waals surface area contributed by atoms with E-state index >= 15 is 0 Å². The molecule has 2 heterocycles. The number of nitrogen functional groups attached to an aromatic ring is 1. The van der Waals surface area contributed by atoms with Gasteiger partial charge in [-0.05, 0) is 6.07 Å². The van der Waals surface area contributed by atoms with Crippen LogP contribution >= 0.6 is 0 Å². The summed E-state index contributed by atoms with van der Waals surface area (Å²) >= 11 is 0. The molecular formula is C8H7F3N4. The smallest absolute Gasteiger partial charge is 0.369 e. The third-order valence-electron chi connectivity index (χ3n) is 1.92. The van der Waals surface area contributed by atoms with Crippen LogP contribution in [0.2, 0.25) is 0 Å². The van der Waals surface area contributed by atoms with Crippen LogP contribution in [0.4, 0.5) is 19.1 Å². The van der Waals surface area contributed by atoms with Gasteiger partial charge in [-0.2, -0.15) is 13.2 Å². The van der Waals surface area contributed by atoms with Crippen LogP contribution in [0.15, 0.2) is 18.5 Å². The van der Waals surface area contributed by atoms with Crippen molar-refractivity contribution in [1.29, 1.82) is 0 Å². The van der Waals surface area contributed by atoms with Crippen LogP contribution in [0.5, 0.6) is 0 Å². The first-order valence-corrected chi connectivity index (χ1v) is 4.10. The Kier molecular flexibility index (Phi) is 2.02. The van der Waals surface area contributed by atoms with E-state index in [2.05, 4.69) is 9.97 Å². The van der Waals surface area contributed by atoms with Gasteiger partial charge in [0.05, 0.1) is 11.7 Å². The SMILES string of the molecule is Nc1nc2cnccc2n1CC(F)(F)F. The van der Waals surface area contributed by atoms with Crippen LogP contribution in [-0.4, -0.2) is 20.7 Å². The summed E-state index contributed by atoms with van der Waals surface area (Å²) in [5.74, 6) is -0.157. The van der Waals surface area contributed by atoms with E-state index in [4.69, 9.17) is 5.73 Å². The average Bonchev–Trinajstić information content (AvgIpc) is 2.41. The molecule has 80 valence electrons. The Morgan fingerprint density at radius 2 is 2.13 bits per heavy atom. The number of pyridine rings is 1. The number of alkyl halides is 3. The van der Waals surface area contributed by atoms with Gasteiger partial charge in [-0.1, -0.05) is 0 Å². The van der Waals surface area contributed by atoms with Crippen LogP contribution in [0.1, 0.15) is 0 Å². The number of hydrogen-bond donors (Lipinski definition) is 1. The summed E-state index contributed by atoms with van der Waals surface area (Å²) in [6.07, 6.45) is -1.54. The fraction of sp³-hybridized carbons (Fsp3) is 0.250. The molecule has 7 heteroatoms. The van der Waals surface area contributed by atoms with Crippen molar-refractivity contribution in [2.75, 3.05) is 5.73 Å². The number of imidazole rings is 1. The van der Waals surface area contributed by atoms with Crippen molar-refractivity contribution in [3.63, 3.8) is 0 Å². The van der Waals surface area contributed by atoms with Crippen LogP contribution in [-0.2, 0) is 6.54 Å². The highest BCUT2D eigenvalue weighted by Gasteiger charge is 2.29. The number of fused-ring (bicyclic) bond motifs is 1. The quantitative estimate of drug-likeness (QED) is 0.787. The van der Waals surface area contributed by atoms with Crippen molar-refractivity contribution < 1.29 is 13.2 Å². The van der Waals surface area contributed by atoms with E-state index in [1.807, 2.05) is 0 Å². The van der Waals surface area contributed by atoms with Crippen molar-refractivity contribution in [1.82, 2.24) is 14.5 Å². The molecule has 0 bridgehead atoms. The second-order valence-corrected chi connectivity index (χ2v) is 3.04. The Morgan fingerprint density at radius 1 is 1.40 bits per heavy atom. The molecule has 0 aliphatic heterocycles. The fourth-order valence-electron chi connectivity index (χ4n) is 1.35. The van der Waals surface area contributed by atoms with Gasteiger partial charge in [0.15, 0.2) is 0 Å². The zero-order chi connectivity index (χ0) is 11.1. The van der Waals surface area contributed by atoms with Crippen molar-refractivity contribution in [3.05, 3.63) is 18.5 Å². The standard InChI is InChI=1S/C8H7F3N4/c9-8(10,11)4-15-6-1-2-13-3-5(6)14-7(15)12/h1-3H,4H2,(H2,12,14). The van der Waals surface area contributed by atoms with E-state index in [0.29, 0.717) is 11.0 Å². The van der Waals surface area contributed by atoms with Gasteiger partial charge in [-0.15, -0.1) is 0 Å². The summed E-state index contributed by atoms with van der Waals surface area (Å²) in [4.78, 5) is 7.53. The average molecular weight is 216 g/mol. The van der Waals surface area contributed by atoms with Gasteiger partial charge >= 0.3 is 6.18 Å². The molecule has 2 aromatic rings. The summed E-state index contributed by atoms with van der Waals surface area (Å²) in [6, 6.07) is 1.45. The third kappa shape index (κ3) is 1.85. The van der Waals surface area contributed by atoms with Crippen LogP contribution in [0.25, 0.3) is 11.0 Å². The molecule has 0 saturated heterocycles. The molecule has 0 spiro atoms. The van der Waals surface area contributed by atoms with E-state index in [9.17, 15) is 13.2 Å². The predicted octanol–water partition coefficient (Wildman–Crippen LogP) is 1.58. The number of nitrogens with zero attached hydrogens (tertiary/aromatic N) is 3. The summed E-state index contributed by atoms with van der Waals surface area (Å²) in [5, 5.41) is 0. The summed E-state index contributed by atoms with van der Waals surface area (Å²) in [7, 11) is 0. The maximum Gasteiger partial charge on any atom is 0.406 e. The van der Waals surface area contributed by atoms with Crippen molar-refractivity contribution >= 4 is 17.0 Å². The molecule has 15 heavy (non-hydrogen) atoms. The molecule has 4 nitrogen and oxygen atoms in total. The van der Waals surface area contributed by atoms with Gasteiger partial charge in [0.1, 0.15) is 12.1 Å². The number of nitrogens with two attached hydrogens (primary N) is 1. The van der Waals surface area contributed by atoms with Gasteiger partial charge in [-0.25, -0.2) is 4.98 Å². The fourth-order valence-corrected chi connectivity index (χ4v) is 1.35. The lowest BCUT2D eigenvalue weighted by Crippen LogP contribution is -2.19. The van der Waals surface area contributed by atoms with Crippen LogP contribution < -0.4 is 5.73 Å². The van der Waals surface area contributed by atoms with Crippen LogP contribution in [0.3, 0.4) is 0 Å². The van der Waals surface area contributed by atoms with E-state index in [1.54, 1.807) is 0 Å². The number of rotatable bonds is 1. The minimum absolute atomic E-state index is 0.157. The Hall–Kier alpha value is -1.79. The maximum absolute atomic E-state index is 12.2. The molecule has 0 saturated carbocycles. The molecular weight excluding hydrogens is 209 g/mol. The first-order valence-electron chi connectivity index (χ1n) is 4.10. The third-order valence-corrected chi connectivity index (χ3v) is 1.92. The first kappa shape index (κ1) is 9.75. The van der Waals surface area contributed by atoms with Crippen molar-refractivity contribution in [2.45, 2.75) is 12.7 Å². The largest absolute Gasteiger partial charge is 0.406 e.